The van der Waals surface area contributed by atoms with Gasteiger partial charge in [0, 0.05) is 37.2 Å². The third-order valence-corrected chi connectivity index (χ3v) is 7.13. The lowest BCUT2D eigenvalue weighted by molar-refractivity contribution is 0.131. The molecule has 9 nitrogen and oxygen atoms in total. The molecule has 1 spiro atoms. The summed E-state index contributed by atoms with van der Waals surface area (Å²) in [6.45, 7) is 2.85. The van der Waals surface area contributed by atoms with Crippen LogP contribution in [-0.2, 0) is 11.8 Å². The summed E-state index contributed by atoms with van der Waals surface area (Å²) in [4.78, 5) is 20.2. The fourth-order valence-electron chi connectivity index (χ4n) is 4.72. The number of anilines is 1. The fraction of sp³-hybridized carbons (Fsp3) is 0.476. The van der Waals surface area contributed by atoms with Gasteiger partial charge in [-0.2, -0.15) is 10.1 Å². The Kier molecular flexibility index (Phi) is 4.91. The van der Waals surface area contributed by atoms with Gasteiger partial charge in [-0.3, -0.25) is 14.5 Å². The second-order valence-corrected chi connectivity index (χ2v) is 8.74. The molecule has 3 N–H and O–H groups in total. The number of rotatable bonds is 3. The predicted molar refractivity (Wildman–Crippen MR) is 119 cm³/mol. The van der Waals surface area contributed by atoms with Crippen molar-refractivity contribution in [1.82, 2.24) is 19.7 Å². The number of nitrogens with one attached hydrogen (secondary N) is 1. The van der Waals surface area contributed by atoms with Gasteiger partial charge >= 0.3 is 0 Å². The lowest BCUT2D eigenvalue weighted by Gasteiger charge is -2.41. The summed E-state index contributed by atoms with van der Waals surface area (Å²) in [5, 5.41) is 8.08. The molecule has 2 saturated heterocycles. The minimum Gasteiger partial charge on any atom is -0.495 e. The Morgan fingerprint density at radius 3 is 2.81 bits per heavy atom. The smallest absolute Gasteiger partial charge is 0.266 e. The van der Waals surface area contributed by atoms with E-state index < -0.39 is 0 Å². The van der Waals surface area contributed by atoms with Gasteiger partial charge in [-0.05, 0) is 18.9 Å². The molecule has 10 heteroatoms. The number of ether oxygens (including phenoxy) is 2. The molecule has 2 aliphatic rings. The normalized spacial score (nSPS) is 20.6. The highest BCUT2D eigenvalue weighted by atomic mass is 35.5. The summed E-state index contributed by atoms with van der Waals surface area (Å²) < 4.78 is 12.5. The maximum absolute atomic E-state index is 13.3. The number of hydrogen-bond acceptors (Lipinski definition) is 7. The summed E-state index contributed by atoms with van der Waals surface area (Å²) >= 11 is 6.49. The quantitative estimate of drug-likeness (QED) is 0.634. The number of aromatic amines is 1. The van der Waals surface area contributed by atoms with Crippen LogP contribution in [0.1, 0.15) is 12.8 Å². The molecule has 5 rings (SSSR count). The van der Waals surface area contributed by atoms with Crippen molar-refractivity contribution in [3.8, 4) is 17.0 Å². The second kappa shape index (κ2) is 7.51. The number of halogens is 1. The molecule has 1 unspecified atom stereocenters. The zero-order valence-electron chi connectivity index (χ0n) is 17.5. The zero-order chi connectivity index (χ0) is 21.8. The fourth-order valence-corrected chi connectivity index (χ4v) is 5.02. The van der Waals surface area contributed by atoms with Crippen molar-refractivity contribution >= 4 is 28.6 Å². The molecule has 0 aliphatic carbocycles. The highest BCUT2D eigenvalue weighted by molar-refractivity contribution is 6.35. The van der Waals surface area contributed by atoms with E-state index >= 15 is 0 Å². The number of methoxy groups -OCH3 is 1. The minimum absolute atomic E-state index is 0.0298. The van der Waals surface area contributed by atoms with E-state index in [4.69, 9.17) is 31.8 Å². The first kappa shape index (κ1) is 20.3. The monoisotopic (exact) mass is 444 g/mol. The molecule has 3 aromatic rings. The van der Waals surface area contributed by atoms with Gasteiger partial charge in [0.25, 0.3) is 5.56 Å². The van der Waals surface area contributed by atoms with E-state index in [0.29, 0.717) is 52.2 Å². The molecule has 0 saturated carbocycles. The van der Waals surface area contributed by atoms with Crippen LogP contribution in [0.15, 0.2) is 23.0 Å². The second-order valence-electron chi connectivity index (χ2n) is 8.37. The molecule has 0 radical (unpaired) electrons. The SMILES string of the molecule is COc1cccc(-c2[nH]nc3nc(N4CCC5(CC4)COCC5N)n(C)c(=O)c23)c1Cl. The number of hydrogen-bond donors (Lipinski definition) is 2. The van der Waals surface area contributed by atoms with Crippen LogP contribution in [0.2, 0.25) is 5.02 Å². The first-order chi connectivity index (χ1) is 14.9. The van der Waals surface area contributed by atoms with Crippen molar-refractivity contribution in [2.24, 2.45) is 18.2 Å². The van der Waals surface area contributed by atoms with E-state index in [9.17, 15) is 4.79 Å². The minimum atomic E-state index is -0.177. The highest BCUT2D eigenvalue weighted by Gasteiger charge is 2.44. The van der Waals surface area contributed by atoms with Gasteiger partial charge in [0.1, 0.15) is 11.1 Å². The number of fused-ring (bicyclic) bond motifs is 1. The number of aromatic nitrogens is 4. The predicted octanol–water partition coefficient (Wildman–Crippen LogP) is 1.93. The lowest BCUT2D eigenvalue weighted by Crippen LogP contribution is -2.50. The molecular weight excluding hydrogens is 420 g/mol. The van der Waals surface area contributed by atoms with Gasteiger partial charge < -0.3 is 20.1 Å². The van der Waals surface area contributed by atoms with Crippen LogP contribution in [0.4, 0.5) is 5.95 Å². The van der Waals surface area contributed by atoms with Crippen molar-refractivity contribution in [1.29, 1.82) is 0 Å². The average Bonchev–Trinajstić information content (AvgIpc) is 3.35. The number of H-pyrrole nitrogens is 1. The summed E-state index contributed by atoms with van der Waals surface area (Å²) in [6.07, 6.45) is 1.82. The van der Waals surface area contributed by atoms with Gasteiger partial charge in [-0.15, -0.1) is 0 Å². The maximum Gasteiger partial charge on any atom is 0.266 e. The number of piperidine rings is 1. The Morgan fingerprint density at radius 1 is 1.35 bits per heavy atom. The van der Waals surface area contributed by atoms with Crippen molar-refractivity contribution in [2.75, 3.05) is 38.3 Å². The summed E-state index contributed by atoms with van der Waals surface area (Å²) in [7, 11) is 3.29. The van der Waals surface area contributed by atoms with Crippen molar-refractivity contribution in [3.63, 3.8) is 0 Å². The van der Waals surface area contributed by atoms with Crippen LogP contribution >= 0.6 is 11.6 Å². The molecule has 31 heavy (non-hydrogen) atoms. The Balaban J connectivity index is 1.52. The average molecular weight is 445 g/mol. The van der Waals surface area contributed by atoms with Gasteiger partial charge in [-0.25, -0.2) is 0 Å². The zero-order valence-corrected chi connectivity index (χ0v) is 18.3. The largest absolute Gasteiger partial charge is 0.495 e. The van der Waals surface area contributed by atoms with Crippen LogP contribution in [0.25, 0.3) is 22.3 Å². The van der Waals surface area contributed by atoms with Gasteiger partial charge in [0.15, 0.2) is 5.65 Å². The van der Waals surface area contributed by atoms with E-state index in [1.807, 2.05) is 12.1 Å². The van der Waals surface area contributed by atoms with E-state index in [1.54, 1.807) is 24.8 Å². The first-order valence-corrected chi connectivity index (χ1v) is 10.7. The van der Waals surface area contributed by atoms with Crippen LogP contribution in [0, 0.1) is 5.41 Å². The highest BCUT2D eigenvalue weighted by Crippen LogP contribution is 2.40. The molecule has 1 aromatic carbocycles. The van der Waals surface area contributed by atoms with E-state index in [0.717, 1.165) is 25.9 Å². The Labute approximate surface area is 184 Å². The summed E-state index contributed by atoms with van der Waals surface area (Å²) in [5.74, 6) is 1.13. The molecule has 1 atom stereocenters. The molecule has 2 aromatic heterocycles. The molecular formula is C21H25ClN6O3. The van der Waals surface area contributed by atoms with Crippen molar-refractivity contribution in [2.45, 2.75) is 18.9 Å². The molecule has 0 bridgehead atoms. The maximum atomic E-state index is 13.3. The number of nitrogens with two attached hydrogens (primary N) is 1. The Morgan fingerprint density at radius 2 is 2.13 bits per heavy atom. The van der Waals surface area contributed by atoms with Crippen LogP contribution in [0.5, 0.6) is 5.75 Å². The van der Waals surface area contributed by atoms with Crippen molar-refractivity contribution < 1.29 is 9.47 Å². The molecule has 0 amide bonds. The van der Waals surface area contributed by atoms with Crippen LogP contribution < -0.4 is 20.9 Å². The standard InChI is InChI=1S/C21H25ClN6O3/c1-27-19(29)15-17(12-4-3-5-13(30-2)16(12)22)25-26-18(15)24-20(27)28-8-6-21(7-9-28)11-31-10-14(21)23/h3-5,14H,6-11,23H2,1-2H3,(H,25,26). The van der Waals surface area contributed by atoms with Crippen LogP contribution in [0.3, 0.4) is 0 Å². The third kappa shape index (κ3) is 3.10. The summed E-state index contributed by atoms with van der Waals surface area (Å²) in [6, 6.07) is 5.47. The lowest BCUT2D eigenvalue weighted by atomic mass is 9.75. The molecule has 2 aliphatic heterocycles. The topological polar surface area (TPSA) is 111 Å². The van der Waals surface area contributed by atoms with Gasteiger partial charge in [0.05, 0.1) is 31.0 Å². The number of benzene rings is 1. The molecule has 4 heterocycles. The van der Waals surface area contributed by atoms with E-state index in [-0.39, 0.29) is 17.0 Å². The van der Waals surface area contributed by atoms with Crippen LogP contribution in [-0.4, -0.2) is 59.2 Å². The van der Waals surface area contributed by atoms with E-state index in [1.165, 1.54) is 0 Å². The third-order valence-electron chi connectivity index (χ3n) is 6.74. The van der Waals surface area contributed by atoms with Gasteiger partial charge in [0.2, 0.25) is 5.95 Å². The molecule has 164 valence electrons. The molecule has 2 fully saturated rings. The summed E-state index contributed by atoms with van der Waals surface area (Å²) in [5.41, 5.74) is 7.70. The van der Waals surface area contributed by atoms with Crippen molar-refractivity contribution in [3.05, 3.63) is 33.6 Å². The Hall–Kier alpha value is -2.62. The van der Waals surface area contributed by atoms with Gasteiger partial charge in [-0.1, -0.05) is 23.7 Å². The Bertz CT molecular complexity index is 1200. The number of nitrogens with zero attached hydrogens (tertiary/aromatic N) is 4. The van der Waals surface area contributed by atoms with E-state index in [2.05, 4.69) is 15.1 Å². The first-order valence-electron chi connectivity index (χ1n) is 10.3.